The maximum absolute atomic E-state index is 12.9. The smallest absolute Gasteiger partial charge is 0.218 e. The number of fused-ring (bicyclic) bond motifs is 1. The number of sulfonamides is 1. The van der Waals surface area contributed by atoms with Crippen LogP contribution in [0.25, 0.3) is 0 Å². The maximum atomic E-state index is 12.9. The molecular formula is C19H22FNO4S. The average Bonchev–Trinajstić information content (AvgIpc) is 2.63. The van der Waals surface area contributed by atoms with E-state index >= 15 is 0 Å². The highest BCUT2D eigenvalue weighted by atomic mass is 32.2. The molecule has 0 aliphatic carbocycles. The zero-order valence-corrected chi connectivity index (χ0v) is 15.6. The van der Waals surface area contributed by atoms with Crippen LogP contribution in [0.5, 0.6) is 11.5 Å². The molecule has 1 atom stereocenters. The van der Waals surface area contributed by atoms with Crippen molar-refractivity contribution in [3.63, 3.8) is 0 Å². The average molecular weight is 379 g/mol. The van der Waals surface area contributed by atoms with Gasteiger partial charge in [-0.2, -0.15) is 4.31 Å². The van der Waals surface area contributed by atoms with Crippen LogP contribution >= 0.6 is 0 Å². The van der Waals surface area contributed by atoms with Crippen LogP contribution in [0.4, 0.5) is 4.39 Å². The Kier molecular flexibility index (Phi) is 5.48. The Balaban J connectivity index is 1.68. The second-order valence-electron chi connectivity index (χ2n) is 6.22. The first-order chi connectivity index (χ1) is 12.4. The minimum atomic E-state index is -3.48. The zero-order chi connectivity index (χ0) is 18.7. The van der Waals surface area contributed by atoms with E-state index in [4.69, 9.17) is 9.47 Å². The SMILES string of the molecule is COc1ccc2c(c1)C(C)N(S(=O)(=O)CCOc1ccc(F)cc1)CC2. The van der Waals surface area contributed by atoms with E-state index in [1.807, 2.05) is 25.1 Å². The van der Waals surface area contributed by atoms with Gasteiger partial charge in [-0.3, -0.25) is 0 Å². The Morgan fingerprint density at radius 1 is 1.15 bits per heavy atom. The fourth-order valence-corrected chi connectivity index (χ4v) is 4.68. The molecule has 0 amide bonds. The molecule has 140 valence electrons. The minimum absolute atomic E-state index is 0.0160. The van der Waals surface area contributed by atoms with E-state index < -0.39 is 10.0 Å². The number of hydrogen-bond acceptors (Lipinski definition) is 4. The molecule has 5 nitrogen and oxygen atoms in total. The Labute approximate surface area is 153 Å². The van der Waals surface area contributed by atoms with Gasteiger partial charge >= 0.3 is 0 Å². The predicted molar refractivity (Wildman–Crippen MR) is 97.5 cm³/mol. The summed E-state index contributed by atoms with van der Waals surface area (Å²) < 4.78 is 50.6. The van der Waals surface area contributed by atoms with Crippen LogP contribution in [0, 0.1) is 5.82 Å². The summed E-state index contributed by atoms with van der Waals surface area (Å²) in [6.45, 7) is 2.34. The summed E-state index contributed by atoms with van der Waals surface area (Å²) >= 11 is 0. The van der Waals surface area contributed by atoms with Gasteiger partial charge in [-0.25, -0.2) is 12.8 Å². The highest BCUT2D eigenvalue weighted by molar-refractivity contribution is 7.89. The van der Waals surface area contributed by atoms with Gasteiger partial charge in [-0.05, 0) is 60.9 Å². The van der Waals surface area contributed by atoms with Crippen LogP contribution < -0.4 is 9.47 Å². The molecule has 2 aromatic carbocycles. The van der Waals surface area contributed by atoms with E-state index in [9.17, 15) is 12.8 Å². The number of methoxy groups -OCH3 is 1. The number of halogens is 1. The fraction of sp³-hybridized carbons (Fsp3) is 0.368. The largest absolute Gasteiger partial charge is 0.497 e. The lowest BCUT2D eigenvalue weighted by atomic mass is 9.95. The Hall–Kier alpha value is -2.12. The van der Waals surface area contributed by atoms with Gasteiger partial charge in [0.05, 0.1) is 12.9 Å². The fourth-order valence-electron chi connectivity index (χ4n) is 3.19. The molecular weight excluding hydrogens is 357 g/mol. The van der Waals surface area contributed by atoms with Gasteiger partial charge in [0.1, 0.15) is 23.9 Å². The van der Waals surface area contributed by atoms with Gasteiger partial charge in [0.2, 0.25) is 10.0 Å². The van der Waals surface area contributed by atoms with Gasteiger partial charge in [0, 0.05) is 12.6 Å². The van der Waals surface area contributed by atoms with Crippen molar-refractivity contribution in [2.75, 3.05) is 26.0 Å². The molecule has 0 N–H and O–H groups in total. The van der Waals surface area contributed by atoms with E-state index in [2.05, 4.69) is 0 Å². The van der Waals surface area contributed by atoms with Crippen molar-refractivity contribution in [3.8, 4) is 11.5 Å². The van der Waals surface area contributed by atoms with Gasteiger partial charge in [-0.15, -0.1) is 0 Å². The second kappa shape index (κ2) is 7.63. The van der Waals surface area contributed by atoms with Crippen molar-refractivity contribution in [3.05, 3.63) is 59.4 Å². The van der Waals surface area contributed by atoms with Crippen LogP contribution in [-0.2, 0) is 16.4 Å². The van der Waals surface area contributed by atoms with Crippen LogP contribution in [-0.4, -0.2) is 38.7 Å². The monoisotopic (exact) mass is 379 g/mol. The van der Waals surface area contributed by atoms with Crippen LogP contribution in [0.2, 0.25) is 0 Å². The van der Waals surface area contributed by atoms with Crippen molar-refractivity contribution in [1.29, 1.82) is 0 Å². The van der Waals surface area contributed by atoms with Gasteiger partial charge < -0.3 is 9.47 Å². The first-order valence-corrected chi connectivity index (χ1v) is 10.1. The lowest BCUT2D eigenvalue weighted by molar-refractivity contribution is 0.309. The first-order valence-electron chi connectivity index (χ1n) is 8.45. The summed E-state index contributed by atoms with van der Waals surface area (Å²) in [6, 6.07) is 11.0. The quantitative estimate of drug-likeness (QED) is 0.774. The predicted octanol–water partition coefficient (Wildman–Crippen LogP) is 3.16. The standard InChI is InChI=1S/C19H22FNO4S/c1-14-19-13-18(24-2)6-3-15(19)9-10-21(14)26(22,23)12-11-25-17-7-4-16(20)5-8-17/h3-8,13-14H,9-12H2,1-2H3. The lowest BCUT2D eigenvalue weighted by Crippen LogP contribution is -2.41. The first kappa shape index (κ1) is 18.7. The highest BCUT2D eigenvalue weighted by Crippen LogP contribution is 2.33. The Morgan fingerprint density at radius 3 is 2.54 bits per heavy atom. The van der Waals surface area contributed by atoms with Crippen molar-refractivity contribution >= 4 is 10.0 Å². The van der Waals surface area contributed by atoms with Crippen LogP contribution in [0.15, 0.2) is 42.5 Å². The number of benzene rings is 2. The third-order valence-corrected chi connectivity index (χ3v) is 6.51. The normalized spacial score (nSPS) is 17.6. The van der Waals surface area contributed by atoms with Crippen LogP contribution in [0.1, 0.15) is 24.1 Å². The molecule has 1 unspecified atom stereocenters. The number of nitrogens with zero attached hydrogens (tertiary/aromatic N) is 1. The summed E-state index contributed by atoms with van der Waals surface area (Å²) in [5, 5.41) is 0. The summed E-state index contributed by atoms with van der Waals surface area (Å²) in [7, 11) is -1.89. The molecule has 7 heteroatoms. The summed E-state index contributed by atoms with van der Waals surface area (Å²) in [6.07, 6.45) is 0.668. The summed E-state index contributed by atoms with van der Waals surface area (Å²) in [5.74, 6) is 0.674. The molecule has 1 aliphatic rings. The highest BCUT2D eigenvalue weighted by Gasteiger charge is 2.32. The topological polar surface area (TPSA) is 55.8 Å². The molecule has 0 fully saturated rings. The van der Waals surface area contributed by atoms with Gasteiger partial charge in [0.15, 0.2) is 0 Å². The lowest BCUT2D eigenvalue weighted by Gasteiger charge is -2.34. The second-order valence-corrected chi connectivity index (χ2v) is 8.26. The third-order valence-electron chi connectivity index (χ3n) is 4.62. The molecule has 0 aromatic heterocycles. The molecule has 26 heavy (non-hydrogen) atoms. The molecule has 0 saturated carbocycles. The molecule has 1 heterocycles. The molecule has 1 aliphatic heterocycles. The van der Waals surface area contributed by atoms with E-state index in [1.165, 1.54) is 28.6 Å². The van der Waals surface area contributed by atoms with Crippen molar-refractivity contribution < 1.29 is 22.3 Å². The molecule has 2 aromatic rings. The Bertz CT molecular complexity index is 868. The third kappa shape index (κ3) is 3.99. The number of rotatable bonds is 6. The number of hydrogen-bond donors (Lipinski definition) is 0. The Morgan fingerprint density at radius 2 is 1.85 bits per heavy atom. The van der Waals surface area contributed by atoms with Crippen LogP contribution in [0.3, 0.4) is 0 Å². The van der Waals surface area contributed by atoms with Gasteiger partial charge in [0.25, 0.3) is 0 Å². The van der Waals surface area contributed by atoms with E-state index in [1.54, 1.807) is 7.11 Å². The molecule has 0 saturated heterocycles. The molecule has 0 radical (unpaired) electrons. The van der Waals surface area contributed by atoms with Crippen molar-refractivity contribution in [2.45, 2.75) is 19.4 Å². The summed E-state index contributed by atoms with van der Waals surface area (Å²) in [4.78, 5) is 0. The minimum Gasteiger partial charge on any atom is -0.497 e. The maximum Gasteiger partial charge on any atom is 0.218 e. The molecule has 0 spiro atoms. The van der Waals surface area contributed by atoms with E-state index in [-0.39, 0.29) is 24.2 Å². The number of ether oxygens (including phenoxy) is 2. The van der Waals surface area contributed by atoms with E-state index in [0.717, 1.165) is 16.9 Å². The van der Waals surface area contributed by atoms with Crippen molar-refractivity contribution in [1.82, 2.24) is 4.31 Å². The van der Waals surface area contributed by atoms with Gasteiger partial charge in [-0.1, -0.05) is 6.07 Å². The molecule has 3 rings (SSSR count). The van der Waals surface area contributed by atoms with Crippen molar-refractivity contribution in [2.24, 2.45) is 0 Å². The van der Waals surface area contributed by atoms with E-state index in [0.29, 0.717) is 18.7 Å². The molecule has 0 bridgehead atoms. The summed E-state index contributed by atoms with van der Waals surface area (Å²) in [5.41, 5.74) is 2.12. The zero-order valence-electron chi connectivity index (χ0n) is 14.8.